The Morgan fingerprint density at radius 3 is 2.52 bits per heavy atom. The van der Waals surface area contributed by atoms with Gasteiger partial charge in [-0.1, -0.05) is 12.1 Å². The number of hydrogen-bond donors (Lipinski definition) is 0. The van der Waals surface area contributed by atoms with E-state index in [0.717, 1.165) is 50.3 Å². The Balaban J connectivity index is 1.60. The zero-order valence-corrected chi connectivity index (χ0v) is 18.1. The van der Waals surface area contributed by atoms with E-state index in [1.807, 2.05) is 44.6 Å². The maximum absolute atomic E-state index is 5.22. The van der Waals surface area contributed by atoms with Crippen molar-refractivity contribution in [3.05, 3.63) is 76.8 Å². The van der Waals surface area contributed by atoms with Gasteiger partial charge >= 0.3 is 0 Å². The lowest BCUT2D eigenvalue weighted by molar-refractivity contribution is 0.414. The van der Waals surface area contributed by atoms with Crippen molar-refractivity contribution in [2.45, 2.75) is 13.5 Å². The molecule has 0 bridgehead atoms. The van der Waals surface area contributed by atoms with Crippen LogP contribution in [0.3, 0.4) is 0 Å². The first-order valence-corrected chi connectivity index (χ1v) is 10.0. The van der Waals surface area contributed by atoms with E-state index in [-0.39, 0.29) is 0 Å². The summed E-state index contributed by atoms with van der Waals surface area (Å²) < 4.78 is 6.17. The van der Waals surface area contributed by atoms with E-state index < -0.39 is 0 Å². The van der Waals surface area contributed by atoms with Crippen LogP contribution in [0, 0.1) is 6.92 Å². The molecule has 0 aliphatic rings. The molecule has 4 aromatic rings. The van der Waals surface area contributed by atoms with E-state index in [4.69, 9.17) is 4.74 Å². The Kier molecular flexibility index (Phi) is 5.45. The highest BCUT2D eigenvalue weighted by Crippen LogP contribution is 2.28. The quantitative estimate of drug-likeness (QED) is 0.408. The van der Waals surface area contributed by atoms with Crippen LogP contribution in [0.2, 0.25) is 0 Å². The highest BCUT2D eigenvalue weighted by atomic mass is 79.9. The molecule has 0 amide bonds. The molecular formula is C23H21BrN4O. The Morgan fingerprint density at radius 1 is 0.966 bits per heavy atom. The van der Waals surface area contributed by atoms with Crippen molar-refractivity contribution in [1.82, 2.24) is 15.0 Å². The third-order valence-electron chi connectivity index (χ3n) is 4.89. The zero-order valence-electron chi connectivity index (χ0n) is 16.6. The molecule has 0 aliphatic heterocycles. The van der Waals surface area contributed by atoms with Gasteiger partial charge in [0.05, 0.1) is 12.6 Å². The van der Waals surface area contributed by atoms with E-state index in [0.29, 0.717) is 0 Å². The molecule has 0 atom stereocenters. The van der Waals surface area contributed by atoms with Crippen molar-refractivity contribution in [3.8, 4) is 16.9 Å². The van der Waals surface area contributed by atoms with Crippen LogP contribution in [-0.4, -0.2) is 29.1 Å². The van der Waals surface area contributed by atoms with E-state index in [1.54, 1.807) is 13.3 Å². The lowest BCUT2D eigenvalue weighted by atomic mass is 10.1. The number of anilines is 1. The van der Waals surface area contributed by atoms with Crippen LogP contribution in [0.1, 0.15) is 11.3 Å². The number of ether oxygens (including phenoxy) is 1. The van der Waals surface area contributed by atoms with Gasteiger partial charge in [0.1, 0.15) is 11.6 Å². The first-order valence-electron chi connectivity index (χ1n) is 9.26. The average molecular weight is 449 g/mol. The molecule has 0 fully saturated rings. The van der Waals surface area contributed by atoms with Crippen molar-refractivity contribution < 1.29 is 4.74 Å². The molecule has 3 aromatic heterocycles. The standard InChI is InChI=1S/C23H21BrN4O/c1-15-21(9-19(24)13-25-15)17-8-18-12-27-23(10-22(18)26-11-17)28(2)14-16-4-6-20(29-3)7-5-16/h4-13H,14H2,1-3H3. The van der Waals surface area contributed by atoms with Crippen molar-refractivity contribution in [2.24, 2.45) is 0 Å². The Morgan fingerprint density at radius 2 is 1.76 bits per heavy atom. The fourth-order valence-corrected chi connectivity index (χ4v) is 3.58. The minimum Gasteiger partial charge on any atom is -0.497 e. The summed E-state index contributed by atoms with van der Waals surface area (Å²) in [6, 6.07) is 14.3. The number of nitrogens with zero attached hydrogens (tertiary/aromatic N) is 4. The van der Waals surface area contributed by atoms with Crippen LogP contribution in [0.25, 0.3) is 22.0 Å². The lowest BCUT2D eigenvalue weighted by Gasteiger charge is -2.19. The molecule has 1 aromatic carbocycles. The van der Waals surface area contributed by atoms with Gasteiger partial charge in [0.15, 0.2) is 0 Å². The number of aromatic nitrogens is 3. The minimum absolute atomic E-state index is 0.753. The Bertz CT molecular complexity index is 1160. The normalized spacial score (nSPS) is 10.9. The summed E-state index contributed by atoms with van der Waals surface area (Å²) in [7, 11) is 3.70. The number of methoxy groups -OCH3 is 1. The van der Waals surface area contributed by atoms with Crippen LogP contribution in [0.4, 0.5) is 5.82 Å². The molecule has 3 heterocycles. The molecule has 29 heavy (non-hydrogen) atoms. The maximum atomic E-state index is 5.22. The molecule has 0 saturated carbocycles. The third-order valence-corrected chi connectivity index (χ3v) is 5.32. The second-order valence-corrected chi connectivity index (χ2v) is 7.87. The van der Waals surface area contributed by atoms with Gasteiger partial charge in [-0.25, -0.2) is 4.98 Å². The van der Waals surface area contributed by atoms with Gasteiger partial charge in [0.25, 0.3) is 0 Å². The maximum Gasteiger partial charge on any atom is 0.130 e. The molecule has 4 rings (SSSR count). The zero-order chi connectivity index (χ0) is 20.4. The Hall–Kier alpha value is -2.99. The number of pyridine rings is 3. The predicted octanol–water partition coefficient (Wildman–Crippen LogP) is 5.41. The molecule has 0 N–H and O–H groups in total. The highest BCUT2D eigenvalue weighted by Gasteiger charge is 2.09. The Labute approximate surface area is 178 Å². The second kappa shape index (κ2) is 8.17. The lowest BCUT2D eigenvalue weighted by Crippen LogP contribution is -2.17. The van der Waals surface area contributed by atoms with Crippen molar-refractivity contribution in [3.63, 3.8) is 0 Å². The number of benzene rings is 1. The van der Waals surface area contributed by atoms with Crippen LogP contribution in [-0.2, 0) is 6.54 Å². The summed E-state index contributed by atoms with van der Waals surface area (Å²) in [5.41, 5.74) is 5.18. The molecule has 146 valence electrons. The molecule has 0 saturated heterocycles. The summed E-state index contributed by atoms with van der Waals surface area (Å²) in [6.45, 7) is 2.75. The first kappa shape index (κ1) is 19.3. The van der Waals surface area contributed by atoms with Gasteiger partial charge in [-0.3, -0.25) is 9.97 Å². The fourth-order valence-electron chi connectivity index (χ4n) is 3.25. The number of aryl methyl sites for hydroxylation is 1. The van der Waals surface area contributed by atoms with Crippen molar-refractivity contribution >= 4 is 32.7 Å². The molecule has 0 aliphatic carbocycles. The topological polar surface area (TPSA) is 51.1 Å². The third kappa shape index (κ3) is 4.22. The van der Waals surface area contributed by atoms with Crippen molar-refractivity contribution in [2.75, 3.05) is 19.1 Å². The van der Waals surface area contributed by atoms with Crippen molar-refractivity contribution in [1.29, 1.82) is 0 Å². The smallest absolute Gasteiger partial charge is 0.130 e. The van der Waals surface area contributed by atoms with E-state index in [2.05, 4.69) is 60.0 Å². The minimum atomic E-state index is 0.753. The van der Waals surface area contributed by atoms with Gasteiger partial charge in [-0.2, -0.15) is 0 Å². The highest BCUT2D eigenvalue weighted by molar-refractivity contribution is 9.10. The van der Waals surface area contributed by atoms with Crippen LogP contribution < -0.4 is 9.64 Å². The van der Waals surface area contributed by atoms with Crippen LogP contribution in [0.5, 0.6) is 5.75 Å². The molecule has 0 radical (unpaired) electrons. The molecule has 0 unspecified atom stereocenters. The number of fused-ring (bicyclic) bond motifs is 1. The van der Waals surface area contributed by atoms with E-state index in [9.17, 15) is 0 Å². The van der Waals surface area contributed by atoms with Gasteiger partial charge in [-0.15, -0.1) is 0 Å². The first-order chi connectivity index (χ1) is 14.0. The largest absolute Gasteiger partial charge is 0.497 e. The van der Waals surface area contributed by atoms with Gasteiger partial charge < -0.3 is 9.64 Å². The van der Waals surface area contributed by atoms with Crippen LogP contribution >= 0.6 is 15.9 Å². The van der Waals surface area contributed by atoms with Gasteiger partial charge in [0.2, 0.25) is 0 Å². The molecule has 0 spiro atoms. The molecular weight excluding hydrogens is 428 g/mol. The van der Waals surface area contributed by atoms with Gasteiger partial charge in [-0.05, 0) is 52.7 Å². The summed E-state index contributed by atoms with van der Waals surface area (Å²) in [5.74, 6) is 1.74. The van der Waals surface area contributed by atoms with Gasteiger partial charge in [0, 0.05) is 64.9 Å². The monoisotopic (exact) mass is 448 g/mol. The summed E-state index contributed by atoms with van der Waals surface area (Å²) in [6.07, 6.45) is 5.58. The average Bonchev–Trinajstić information content (AvgIpc) is 2.75. The molecule has 5 nitrogen and oxygen atoms in total. The summed E-state index contributed by atoms with van der Waals surface area (Å²) in [5, 5.41) is 1.00. The number of rotatable bonds is 5. The molecule has 6 heteroatoms. The van der Waals surface area contributed by atoms with E-state index in [1.165, 1.54) is 5.56 Å². The number of hydrogen-bond acceptors (Lipinski definition) is 5. The fraction of sp³-hybridized carbons (Fsp3) is 0.174. The van der Waals surface area contributed by atoms with Crippen LogP contribution in [0.15, 0.2) is 65.5 Å². The SMILES string of the molecule is COc1ccc(CN(C)c2cc3ncc(-c4cc(Br)cnc4C)cc3cn2)cc1. The van der Waals surface area contributed by atoms with E-state index >= 15 is 0 Å². The second-order valence-electron chi connectivity index (χ2n) is 6.95. The summed E-state index contributed by atoms with van der Waals surface area (Å²) in [4.78, 5) is 15.9. The summed E-state index contributed by atoms with van der Waals surface area (Å²) >= 11 is 3.50. The predicted molar refractivity (Wildman–Crippen MR) is 120 cm³/mol. The number of halogens is 1.